The van der Waals surface area contributed by atoms with Gasteiger partial charge in [-0.15, -0.1) is 0 Å². The van der Waals surface area contributed by atoms with Crippen molar-refractivity contribution in [2.75, 3.05) is 0 Å². The summed E-state index contributed by atoms with van der Waals surface area (Å²) in [6, 6.07) is 0. The maximum atomic E-state index is 11.0. The van der Waals surface area contributed by atoms with Gasteiger partial charge in [0.2, 0.25) is 0 Å². The number of rotatable bonds is 4. The van der Waals surface area contributed by atoms with Crippen LogP contribution in [0.15, 0.2) is 12.4 Å². The maximum absolute atomic E-state index is 11.0. The van der Waals surface area contributed by atoms with E-state index in [1.165, 1.54) is 21.8 Å². The van der Waals surface area contributed by atoms with Gasteiger partial charge in [-0.1, -0.05) is 0 Å². The van der Waals surface area contributed by atoms with Gasteiger partial charge in [-0.2, -0.15) is 9.78 Å². The number of carboxylic acid groups (broad SMARTS) is 1. The Bertz CT molecular complexity index is 657. The quantitative estimate of drug-likeness (QED) is 0.638. The highest BCUT2D eigenvalue weighted by atomic mass is 16.6. The fraction of sp³-hybridized carbons (Fsp3) is 0.300. The molecule has 0 saturated carbocycles. The summed E-state index contributed by atoms with van der Waals surface area (Å²) >= 11 is 0. The molecule has 0 aliphatic carbocycles. The van der Waals surface area contributed by atoms with Gasteiger partial charge in [0, 0.05) is 7.05 Å². The monoisotopic (exact) mass is 265 g/mol. The molecule has 0 amide bonds. The normalized spacial score (nSPS) is 10.6. The van der Waals surface area contributed by atoms with E-state index in [2.05, 4.69) is 10.2 Å². The van der Waals surface area contributed by atoms with Gasteiger partial charge in [0.05, 0.1) is 28.7 Å². The fourth-order valence-electron chi connectivity index (χ4n) is 1.75. The molecule has 9 heteroatoms. The van der Waals surface area contributed by atoms with Gasteiger partial charge in [-0.3, -0.25) is 4.68 Å². The lowest BCUT2D eigenvalue weighted by molar-refractivity contribution is -0.390. The van der Waals surface area contributed by atoms with Crippen LogP contribution in [0.2, 0.25) is 0 Å². The van der Waals surface area contributed by atoms with Gasteiger partial charge in [-0.05, 0) is 11.8 Å². The zero-order valence-electron chi connectivity index (χ0n) is 10.3. The SMILES string of the molecule is Cc1cn(Cc2c(C(=O)O)cnn2C)nc1[N+](=O)[O-]. The summed E-state index contributed by atoms with van der Waals surface area (Å²) in [5.74, 6) is -1.33. The molecule has 0 spiro atoms. The molecule has 2 aromatic rings. The molecule has 0 fully saturated rings. The lowest BCUT2D eigenvalue weighted by Gasteiger charge is -2.01. The summed E-state index contributed by atoms with van der Waals surface area (Å²) in [6.45, 7) is 1.68. The number of aromatic carboxylic acids is 1. The fourth-order valence-corrected chi connectivity index (χ4v) is 1.75. The lowest BCUT2D eigenvalue weighted by Crippen LogP contribution is -2.10. The Morgan fingerprint density at radius 2 is 2.26 bits per heavy atom. The molecule has 2 rings (SSSR count). The number of aryl methyl sites for hydroxylation is 2. The third-order valence-electron chi connectivity index (χ3n) is 2.70. The first kappa shape index (κ1) is 12.7. The molecule has 9 nitrogen and oxygen atoms in total. The van der Waals surface area contributed by atoms with E-state index in [1.54, 1.807) is 14.0 Å². The summed E-state index contributed by atoms with van der Waals surface area (Å²) in [6.07, 6.45) is 2.74. The van der Waals surface area contributed by atoms with Gasteiger partial charge in [-0.25, -0.2) is 4.79 Å². The number of aromatic nitrogens is 4. The van der Waals surface area contributed by atoms with E-state index in [9.17, 15) is 14.9 Å². The Labute approximate surface area is 107 Å². The van der Waals surface area contributed by atoms with Crippen LogP contribution >= 0.6 is 0 Å². The minimum absolute atomic E-state index is 0.0540. The van der Waals surface area contributed by atoms with E-state index in [-0.39, 0.29) is 17.9 Å². The first-order valence-corrected chi connectivity index (χ1v) is 5.32. The van der Waals surface area contributed by atoms with Gasteiger partial charge in [0.15, 0.2) is 0 Å². The number of hydrogen-bond acceptors (Lipinski definition) is 5. The molecule has 19 heavy (non-hydrogen) atoms. The first-order chi connectivity index (χ1) is 8.90. The van der Waals surface area contributed by atoms with Crippen molar-refractivity contribution >= 4 is 11.8 Å². The Morgan fingerprint density at radius 3 is 2.79 bits per heavy atom. The number of carboxylic acids is 1. The predicted octanol–water partition coefficient (Wildman–Crippen LogP) is 0.580. The van der Waals surface area contributed by atoms with Crippen LogP contribution in [0.3, 0.4) is 0 Å². The van der Waals surface area contributed by atoms with Crippen molar-refractivity contribution in [3.63, 3.8) is 0 Å². The third-order valence-corrected chi connectivity index (χ3v) is 2.70. The molecule has 0 saturated heterocycles. The highest BCUT2D eigenvalue weighted by molar-refractivity contribution is 5.88. The number of hydrogen-bond donors (Lipinski definition) is 1. The van der Waals surface area contributed by atoms with Crippen molar-refractivity contribution in [2.24, 2.45) is 7.05 Å². The van der Waals surface area contributed by atoms with E-state index in [4.69, 9.17) is 5.11 Å². The van der Waals surface area contributed by atoms with Crippen LogP contribution in [0.5, 0.6) is 0 Å². The van der Waals surface area contributed by atoms with Crippen molar-refractivity contribution in [1.29, 1.82) is 0 Å². The minimum Gasteiger partial charge on any atom is -0.478 e. The summed E-state index contributed by atoms with van der Waals surface area (Å²) in [7, 11) is 1.60. The van der Waals surface area contributed by atoms with Crippen LogP contribution < -0.4 is 0 Å². The van der Waals surface area contributed by atoms with Gasteiger partial charge in [0.25, 0.3) is 0 Å². The Kier molecular flexibility index (Phi) is 3.03. The van der Waals surface area contributed by atoms with Crippen molar-refractivity contribution in [1.82, 2.24) is 19.6 Å². The molecule has 2 heterocycles. The highest BCUT2D eigenvalue weighted by Gasteiger charge is 2.21. The van der Waals surface area contributed by atoms with E-state index in [0.29, 0.717) is 11.3 Å². The highest BCUT2D eigenvalue weighted by Crippen LogP contribution is 2.16. The van der Waals surface area contributed by atoms with Gasteiger partial charge < -0.3 is 15.2 Å². The molecule has 0 unspecified atom stereocenters. The van der Waals surface area contributed by atoms with Crippen molar-refractivity contribution < 1.29 is 14.8 Å². The second-order valence-corrected chi connectivity index (χ2v) is 4.02. The number of nitro groups is 1. The Morgan fingerprint density at radius 1 is 1.58 bits per heavy atom. The third kappa shape index (κ3) is 2.30. The zero-order chi connectivity index (χ0) is 14.2. The van der Waals surface area contributed by atoms with Crippen molar-refractivity contribution in [3.8, 4) is 0 Å². The molecule has 100 valence electrons. The van der Waals surface area contributed by atoms with E-state index in [1.807, 2.05) is 0 Å². The average Bonchev–Trinajstić information content (AvgIpc) is 2.84. The van der Waals surface area contributed by atoms with Crippen LogP contribution in [0.1, 0.15) is 21.6 Å². The Hall–Kier alpha value is -2.71. The largest absolute Gasteiger partial charge is 0.478 e. The molecule has 1 N–H and O–H groups in total. The molecule has 0 aliphatic heterocycles. The maximum Gasteiger partial charge on any atom is 0.392 e. The van der Waals surface area contributed by atoms with Crippen LogP contribution in [0.4, 0.5) is 5.82 Å². The van der Waals surface area contributed by atoms with Crippen LogP contribution in [-0.4, -0.2) is 35.6 Å². The Balaban J connectivity index is 2.36. The zero-order valence-corrected chi connectivity index (χ0v) is 10.3. The second kappa shape index (κ2) is 4.52. The average molecular weight is 265 g/mol. The molecule has 0 radical (unpaired) electrons. The van der Waals surface area contributed by atoms with Crippen LogP contribution in [-0.2, 0) is 13.6 Å². The molecule has 0 aromatic carbocycles. The molecule has 0 atom stereocenters. The lowest BCUT2D eigenvalue weighted by atomic mass is 10.2. The minimum atomic E-state index is -1.10. The molecule has 0 aliphatic rings. The van der Waals surface area contributed by atoms with Crippen molar-refractivity contribution in [2.45, 2.75) is 13.5 Å². The molecular weight excluding hydrogens is 254 g/mol. The molecular formula is C10H11N5O4. The topological polar surface area (TPSA) is 116 Å². The number of nitrogens with zero attached hydrogens (tertiary/aromatic N) is 5. The number of carbonyl (C=O) groups is 1. The second-order valence-electron chi connectivity index (χ2n) is 4.02. The van der Waals surface area contributed by atoms with E-state index >= 15 is 0 Å². The molecule has 0 bridgehead atoms. The summed E-state index contributed by atoms with van der Waals surface area (Å²) in [5.41, 5.74) is 0.896. The smallest absolute Gasteiger partial charge is 0.392 e. The first-order valence-electron chi connectivity index (χ1n) is 5.32. The predicted molar refractivity (Wildman–Crippen MR) is 62.9 cm³/mol. The van der Waals surface area contributed by atoms with Crippen molar-refractivity contribution in [3.05, 3.63) is 39.3 Å². The van der Waals surface area contributed by atoms with Gasteiger partial charge in [0.1, 0.15) is 12.1 Å². The van der Waals surface area contributed by atoms with E-state index in [0.717, 1.165) is 0 Å². The van der Waals surface area contributed by atoms with Gasteiger partial charge >= 0.3 is 11.8 Å². The molecule has 2 aromatic heterocycles. The van der Waals surface area contributed by atoms with Crippen LogP contribution in [0.25, 0.3) is 0 Å². The van der Waals surface area contributed by atoms with Crippen LogP contribution in [0, 0.1) is 17.0 Å². The standard InChI is InChI=1S/C10H11N5O4/c1-6-4-14(12-9(6)15(18)19)5-8-7(10(16)17)3-11-13(8)2/h3-4H,5H2,1-2H3,(H,16,17). The summed E-state index contributed by atoms with van der Waals surface area (Å²) in [5, 5.41) is 27.4. The summed E-state index contributed by atoms with van der Waals surface area (Å²) < 4.78 is 2.74. The summed E-state index contributed by atoms with van der Waals surface area (Å²) in [4.78, 5) is 21.1. The van der Waals surface area contributed by atoms with E-state index < -0.39 is 10.9 Å².